The monoisotopic (exact) mass is 776 g/mol. The largest absolute Gasteiger partial charge is 0.468 e. The van der Waals surface area contributed by atoms with Gasteiger partial charge in [-0.1, -0.05) is 149 Å². The number of rotatable bonds is 2. The summed E-state index contributed by atoms with van der Waals surface area (Å²) in [4.78, 5) is 7.65. The predicted octanol–water partition coefficient (Wildman–Crippen LogP) is 13.2. The Labute approximate surface area is 349 Å². The summed E-state index contributed by atoms with van der Waals surface area (Å²) >= 11 is 1.89. The van der Waals surface area contributed by atoms with Crippen molar-refractivity contribution in [3.63, 3.8) is 0 Å². The van der Waals surface area contributed by atoms with E-state index >= 15 is 0 Å². The minimum absolute atomic E-state index is 0.0338. The molecule has 0 saturated carbocycles. The summed E-state index contributed by atoms with van der Waals surface area (Å²) in [5.74, 6) is 0. The lowest BCUT2D eigenvalue weighted by atomic mass is 9.35. The molecule has 5 heteroatoms. The lowest BCUT2D eigenvalue weighted by molar-refractivity contribution is 0.590. The van der Waals surface area contributed by atoms with Crippen LogP contribution in [0.15, 0.2) is 136 Å². The van der Waals surface area contributed by atoms with Gasteiger partial charge >= 0.3 is 0 Å². The molecule has 7 aromatic rings. The Bertz CT molecular complexity index is 2790. The van der Waals surface area contributed by atoms with Crippen LogP contribution in [0, 0.1) is 0 Å². The highest BCUT2D eigenvalue weighted by Crippen LogP contribution is 2.55. The van der Waals surface area contributed by atoms with Crippen molar-refractivity contribution < 1.29 is 4.42 Å². The Morgan fingerprint density at radius 2 is 1.12 bits per heavy atom. The molecule has 3 aliphatic heterocycles. The van der Waals surface area contributed by atoms with Crippen LogP contribution >= 0.6 is 11.8 Å². The normalized spacial score (nSPS) is 15.5. The first-order valence-corrected chi connectivity index (χ1v) is 21.7. The van der Waals surface area contributed by atoms with Crippen molar-refractivity contribution in [3.8, 4) is 0 Å². The average Bonchev–Trinajstić information content (AvgIpc) is 3.55. The lowest BCUT2D eigenvalue weighted by Gasteiger charge is -2.43. The molecule has 0 spiro atoms. The standard InChI is InChI=1S/C53H53BN2OS/c1-50(2,3)32-19-24-35(25-20-32)55-39-28-23-34(52(7,8)9)31-38(39)54-47-40(55)16-14-17-41(47)56(36-26-21-33(22-27-36)51(4,5)6)48-45-42(57-49(48)54)29-30-44-46(45)53(10,11)37-15-12-13-18-43(37)58-44/h12-31H,1-11H3. The van der Waals surface area contributed by atoms with Crippen LogP contribution in [0.3, 0.4) is 0 Å². The highest BCUT2D eigenvalue weighted by molar-refractivity contribution is 7.99. The van der Waals surface area contributed by atoms with Gasteiger partial charge in [0.05, 0.1) is 11.3 Å². The van der Waals surface area contributed by atoms with Gasteiger partial charge in [-0.15, -0.1) is 0 Å². The SMILES string of the molecule is CC(C)(C)c1ccc(N2c3ccc(C(C)(C)C)cc3B3c4oc5ccc6c(c5c4N(c4ccc(C(C)(C)C)cc4)c4cccc2c43)C(C)(C)c2ccccc2S6)cc1. The van der Waals surface area contributed by atoms with Gasteiger partial charge in [0.15, 0.2) is 0 Å². The van der Waals surface area contributed by atoms with E-state index in [0.29, 0.717) is 0 Å². The molecule has 0 atom stereocenters. The highest BCUT2D eigenvalue weighted by atomic mass is 32.2. The quantitative estimate of drug-likeness (QED) is 0.163. The predicted molar refractivity (Wildman–Crippen MR) is 249 cm³/mol. The number of nitrogens with zero attached hydrogens (tertiary/aromatic N) is 2. The van der Waals surface area contributed by atoms with Crippen molar-refractivity contribution in [2.24, 2.45) is 0 Å². The Hall–Kier alpha value is -5.13. The fourth-order valence-electron chi connectivity index (χ4n) is 9.75. The molecule has 0 saturated heterocycles. The van der Waals surface area contributed by atoms with Crippen molar-refractivity contribution in [3.05, 3.63) is 149 Å². The van der Waals surface area contributed by atoms with E-state index in [2.05, 4.69) is 207 Å². The van der Waals surface area contributed by atoms with Gasteiger partial charge in [-0.05, 0) is 116 Å². The van der Waals surface area contributed by atoms with E-state index < -0.39 is 0 Å². The van der Waals surface area contributed by atoms with Crippen molar-refractivity contribution in [1.29, 1.82) is 0 Å². The van der Waals surface area contributed by atoms with Gasteiger partial charge in [0.25, 0.3) is 6.71 Å². The maximum Gasteiger partial charge on any atom is 0.297 e. The van der Waals surface area contributed by atoms with Crippen LogP contribution in [0.4, 0.5) is 34.1 Å². The van der Waals surface area contributed by atoms with Crippen LogP contribution < -0.4 is 26.4 Å². The van der Waals surface area contributed by atoms with Crippen molar-refractivity contribution >= 4 is 80.2 Å². The van der Waals surface area contributed by atoms with E-state index in [-0.39, 0.29) is 28.4 Å². The zero-order chi connectivity index (χ0) is 40.7. The van der Waals surface area contributed by atoms with Gasteiger partial charge in [-0.2, -0.15) is 0 Å². The minimum Gasteiger partial charge on any atom is -0.468 e. The number of benzene rings is 6. The van der Waals surface area contributed by atoms with E-state index in [1.165, 1.54) is 71.0 Å². The van der Waals surface area contributed by atoms with E-state index in [0.717, 1.165) is 28.3 Å². The summed E-state index contributed by atoms with van der Waals surface area (Å²) in [5.41, 5.74) is 18.0. The third-order valence-electron chi connectivity index (χ3n) is 13.0. The van der Waals surface area contributed by atoms with Crippen LogP contribution in [-0.2, 0) is 21.7 Å². The molecule has 10 rings (SSSR count). The molecule has 0 amide bonds. The zero-order valence-electron chi connectivity index (χ0n) is 35.8. The summed E-state index contributed by atoms with van der Waals surface area (Å²) in [5, 5.41) is 1.21. The molecule has 0 radical (unpaired) electrons. The second-order valence-corrected chi connectivity index (χ2v) is 21.4. The van der Waals surface area contributed by atoms with Crippen molar-refractivity contribution in [1.82, 2.24) is 0 Å². The Kier molecular flexibility index (Phi) is 7.97. The third kappa shape index (κ3) is 5.49. The van der Waals surface area contributed by atoms with Crippen molar-refractivity contribution in [2.45, 2.75) is 108 Å². The van der Waals surface area contributed by atoms with Gasteiger partial charge in [0, 0.05) is 49.0 Å². The fraction of sp³-hybridized carbons (Fsp3) is 0.283. The summed E-state index contributed by atoms with van der Waals surface area (Å²) in [6.07, 6.45) is 0. The fourth-order valence-corrected chi connectivity index (χ4v) is 11.2. The molecule has 58 heavy (non-hydrogen) atoms. The number of anilines is 6. The summed E-state index contributed by atoms with van der Waals surface area (Å²) in [6, 6.07) is 46.1. The summed E-state index contributed by atoms with van der Waals surface area (Å²) < 4.78 is 7.42. The summed E-state index contributed by atoms with van der Waals surface area (Å²) in [7, 11) is 0. The van der Waals surface area contributed by atoms with E-state index in [4.69, 9.17) is 4.42 Å². The molecule has 0 aliphatic carbocycles. The van der Waals surface area contributed by atoms with Gasteiger partial charge in [0.2, 0.25) is 0 Å². The topological polar surface area (TPSA) is 19.6 Å². The van der Waals surface area contributed by atoms with Gasteiger partial charge in [-0.25, -0.2) is 0 Å². The van der Waals surface area contributed by atoms with Crippen LogP contribution in [-0.4, -0.2) is 6.71 Å². The van der Waals surface area contributed by atoms with Gasteiger partial charge < -0.3 is 14.2 Å². The number of fused-ring (bicyclic) bond motifs is 9. The number of hydrogen-bond acceptors (Lipinski definition) is 4. The molecule has 290 valence electrons. The van der Waals surface area contributed by atoms with Gasteiger partial charge in [-0.3, -0.25) is 0 Å². The Balaban J connectivity index is 1.30. The first-order valence-electron chi connectivity index (χ1n) is 20.9. The lowest BCUT2D eigenvalue weighted by Crippen LogP contribution is -2.61. The first-order chi connectivity index (χ1) is 27.4. The summed E-state index contributed by atoms with van der Waals surface area (Å²) in [6.45, 7) is 25.4. The molecule has 3 nitrogen and oxygen atoms in total. The molecular weight excluding hydrogens is 723 g/mol. The third-order valence-corrected chi connectivity index (χ3v) is 14.1. The molecule has 0 fully saturated rings. The minimum atomic E-state index is -0.252. The van der Waals surface area contributed by atoms with E-state index in [1.807, 2.05) is 11.8 Å². The Morgan fingerprint density at radius 1 is 0.552 bits per heavy atom. The average molecular weight is 777 g/mol. The highest BCUT2D eigenvalue weighted by Gasteiger charge is 2.48. The van der Waals surface area contributed by atoms with Crippen LogP contribution in [0.2, 0.25) is 0 Å². The second kappa shape index (κ2) is 12.4. The molecule has 4 heterocycles. The molecule has 6 aromatic carbocycles. The second-order valence-electron chi connectivity index (χ2n) is 20.3. The smallest absolute Gasteiger partial charge is 0.297 e. The molecule has 0 unspecified atom stereocenters. The van der Waals surface area contributed by atoms with E-state index in [1.54, 1.807) is 0 Å². The maximum absolute atomic E-state index is 7.42. The zero-order valence-corrected chi connectivity index (χ0v) is 36.7. The van der Waals surface area contributed by atoms with Gasteiger partial charge in [0.1, 0.15) is 5.58 Å². The molecule has 1 aromatic heterocycles. The number of furan rings is 1. The van der Waals surface area contributed by atoms with Crippen LogP contribution in [0.5, 0.6) is 0 Å². The molecule has 0 N–H and O–H groups in total. The van der Waals surface area contributed by atoms with Crippen molar-refractivity contribution in [2.75, 3.05) is 9.80 Å². The Morgan fingerprint density at radius 3 is 1.74 bits per heavy atom. The molecular formula is C53H53BN2OS. The van der Waals surface area contributed by atoms with Crippen LogP contribution in [0.1, 0.15) is 104 Å². The van der Waals surface area contributed by atoms with Crippen LogP contribution in [0.25, 0.3) is 11.0 Å². The first kappa shape index (κ1) is 37.2. The maximum atomic E-state index is 7.42. The number of hydrogen-bond donors (Lipinski definition) is 0. The molecule has 3 aliphatic rings. The van der Waals surface area contributed by atoms with E-state index in [9.17, 15) is 0 Å². The molecule has 0 bridgehead atoms.